The molecule has 0 spiro atoms. The van der Waals surface area contributed by atoms with Crippen molar-refractivity contribution in [3.05, 3.63) is 68.5 Å². The van der Waals surface area contributed by atoms with Gasteiger partial charge in [-0.25, -0.2) is 0 Å². The van der Waals surface area contributed by atoms with E-state index in [2.05, 4.69) is 29.3 Å². The van der Waals surface area contributed by atoms with Crippen molar-refractivity contribution in [1.82, 2.24) is 5.32 Å². The number of allylic oxidation sites excluding steroid dienone is 2. The number of para-hydroxylation sites is 2. The number of ether oxygens (including phenoxy) is 1. The number of thiophene rings is 1. The number of anilines is 1. The van der Waals surface area contributed by atoms with Gasteiger partial charge in [0.15, 0.2) is 0 Å². The Labute approximate surface area is 161 Å². The van der Waals surface area contributed by atoms with Crippen LogP contribution in [-0.2, 0) is 4.79 Å². The summed E-state index contributed by atoms with van der Waals surface area (Å²) in [6, 6.07) is 13.2. The predicted molar refractivity (Wildman–Crippen MR) is 106 cm³/mol. The van der Waals surface area contributed by atoms with Crippen LogP contribution in [0.4, 0.5) is 5.69 Å². The number of methoxy groups -OCH3 is 1. The zero-order valence-electron chi connectivity index (χ0n) is 14.2. The highest BCUT2D eigenvalue weighted by Gasteiger charge is 2.34. The predicted octanol–water partition coefficient (Wildman–Crippen LogP) is 4.02. The number of carbonyl (C=O) groups is 1. The van der Waals surface area contributed by atoms with Crippen LogP contribution in [0.15, 0.2) is 63.7 Å². The van der Waals surface area contributed by atoms with E-state index in [-0.39, 0.29) is 5.91 Å². The molecule has 0 saturated heterocycles. The Morgan fingerprint density at radius 2 is 2.12 bits per heavy atom. The van der Waals surface area contributed by atoms with Crippen LogP contribution in [0.25, 0.3) is 0 Å². The zero-order valence-corrected chi connectivity index (χ0v) is 15.9. The van der Waals surface area contributed by atoms with Crippen molar-refractivity contribution >= 4 is 35.6 Å². The van der Waals surface area contributed by atoms with Gasteiger partial charge < -0.3 is 15.4 Å². The van der Waals surface area contributed by atoms with Gasteiger partial charge in [0.25, 0.3) is 5.91 Å². The molecule has 1 atom stereocenters. The van der Waals surface area contributed by atoms with Gasteiger partial charge in [0.05, 0.1) is 35.4 Å². The first-order valence-electron chi connectivity index (χ1n) is 7.85. The maximum absolute atomic E-state index is 13.1. The summed E-state index contributed by atoms with van der Waals surface area (Å²) in [7, 11) is 1.55. The van der Waals surface area contributed by atoms with Crippen LogP contribution in [0.5, 0.6) is 5.75 Å². The molecule has 132 valence electrons. The Kier molecular flexibility index (Phi) is 5.35. The number of nitrogens with zero attached hydrogens (tertiary/aromatic N) is 1. The number of hydrogen-bond acceptors (Lipinski definition) is 6. The normalized spacial score (nSPS) is 16.8. The first-order chi connectivity index (χ1) is 12.6. The second kappa shape index (κ2) is 7.68. The summed E-state index contributed by atoms with van der Waals surface area (Å²) in [4.78, 5) is 14.0. The number of hydrogen-bond donors (Lipinski definition) is 3. The molecule has 1 aromatic carbocycles. The smallest absolute Gasteiger partial charge is 0.254 e. The van der Waals surface area contributed by atoms with Crippen molar-refractivity contribution in [3.8, 4) is 11.8 Å². The van der Waals surface area contributed by atoms with E-state index in [1.54, 1.807) is 19.2 Å². The zero-order chi connectivity index (χ0) is 18.7. The molecule has 1 aromatic heterocycles. The molecule has 2 aromatic rings. The number of rotatable bonds is 4. The van der Waals surface area contributed by atoms with E-state index in [9.17, 15) is 10.1 Å². The van der Waals surface area contributed by atoms with Crippen LogP contribution in [0.1, 0.15) is 17.7 Å². The van der Waals surface area contributed by atoms with Crippen molar-refractivity contribution in [1.29, 1.82) is 5.26 Å². The molecule has 26 heavy (non-hydrogen) atoms. The van der Waals surface area contributed by atoms with Crippen molar-refractivity contribution in [2.45, 2.75) is 12.8 Å². The minimum atomic E-state index is -0.455. The lowest BCUT2D eigenvalue weighted by Gasteiger charge is -2.27. The fraction of sp³-hybridized carbons (Fsp3) is 0.158. The molecule has 7 heteroatoms. The van der Waals surface area contributed by atoms with E-state index in [0.29, 0.717) is 33.3 Å². The van der Waals surface area contributed by atoms with Crippen molar-refractivity contribution in [2.24, 2.45) is 0 Å². The fourth-order valence-electron chi connectivity index (χ4n) is 2.91. The molecule has 5 nitrogen and oxygen atoms in total. The topological polar surface area (TPSA) is 74.2 Å². The molecule has 2 N–H and O–H groups in total. The highest BCUT2D eigenvalue weighted by Crippen LogP contribution is 2.41. The standard InChI is InChI=1S/C19H17N3O2S2/c1-11-16(18(23)22-13-6-3-4-7-14(13)24-2)17(15-8-5-9-26-15)12(10-20)19(25)21-11/h3-9,17,21,25H,1-2H3,(H,22,23). The lowest BCUT2D eigenvalue weighted by molar-refractivity contribution is -0.113. The van der Waals surface area contributed by atoms with Crippen LogP contribution in [0.3, 0.4) is 0 Å². The van der Waals surface area contributed by atoms with E-state index < -0.39 is 5.92 Å². The maximum atomic E-state index is 13.1. The number of nitriles is 1. The van der Waals surface area contributed by atoms with E-state index in [1.807, 2.05) is 36.6 Å². The third-order valence-corrected chi connectivity index (χ3v) is 5.38. The van der Waals surface area contributed by atoms with E-state index in [0.717, 1.165) is 4.88 Å². The molecule has 1 unspecified atom stereocenters. The summed E-state index contributed by atoms with van der Waals surface area (Å²) < 4.78 is 5.30. The highest BCUT2D eigenvalue weighted by molar-refractivity contribution is 7.84. The van der Waals surface area contributed by atoms with E-state index >= 15 is 0 Å². The largest absolute Gasteiger partial charge is 0.495 e. The number of nitrogens with one attached hydrogen (secondary N) is 2. The van der Waals surface area contributed by atoms with Crippen LogP contribution in [0, 0.1) is 11.3 Å². The van der Waals surface area contributed by atoms with Gasteiger partial charge in [-0.1, -0.05) is 18.2 Å². The Morgan fingerprint density at radius 1 is 1.35 bits per heavy atom. The second-order valence-electron chi connectivity index (χ2n) is 5.64. The summed E-state index contributed by atoms with van der Waals surface area (Å²) >= 11 is 5.89. The fourth-order valence-corrected chi connectivity index (χ4v) is 4.10. The number of benzene rings is 1. The second-order valence-corrected chi connectivity index (χ2v) is 7.07. The Morgan fingerprint density at radius 3 is 2.77 bits per heavy atom. The van der Waals surface area contributed by atoms with Gasteiger partial charge in [0.2, 0.25) is 0 Å². The van der Waals surface area contributed by atoms with Crippen LogP contribution < -0.4 is 15.4 Å². The quantitative estimate of drug-likeness (QED) is 0.697. The van der Waals surface area contributed by atoms with Crippen LogP contribution in [0.2, 0.25) is 0 Å². The van der Waals surface area contributed by atoms with E-state index in [1.165, 1.54) is 11.3 Å². The van der Waals surface area contributed by atoms with Crippen molar-refractivity contribution in [2.75, 3.05) is 12.4 Å². The molecular formula is C19H17N3O2S2. The molecule has 0 bridgehead atoms. The Balaban J connectivity index is 2.02. The summed E-state index contributed by atoms with van der Waals surface area (Å²) in [5.74, 6) is -0.170. The first kappa shape index (κ1) is 18.1. The summed E-state index contributed by atoms with van der Waals surface area (Å²) in [5.41, 5.74) is 2.16. The Hall–Kier alpha value is -2.69. The molecule has 0 saturated carbocycles. The molecular weight excluding hydrogens is 366 g/mol. The Bertz CT molecular complexity index is 940. The third-order valence-electron chi connectivity index (χ3n) is 4.09. The van der Waals surface area contributed by atoms with Gasteiger partial charge in [0, 0.05) is 16.1 Å². The molecule has 1 aliphatic heterocycles. The van der Waals surface area contributed by atoms with Gasteiger partial charge in [-0.05, 0) is 30.5 Å². The van der Waals surface area contributed by atoms with Crippen molar-refractivity contribution < 1.29 is 9.53 Å². The summed E-state index contributed by atoms with van der Waals surface area (Å²) in [6.07, 6.45) is 0. The van der Waals surface area contributed by atoms with Crippen LogP contribution in [-0.4, -0.2) is 13.0 Å². The summed E-state index contributed by atoms with van der Waals surface area (Å²) in [5, 5.41) is 17.9. The van der Waals surface area contributed by atoms with Crippen molar-refractivity contribution in [3.63, 3.8) is 0 Å². The van der Waals surface area contributed by atoms with Gasteiger partial charge in [-0.3, -0.25) is 4.79 Å². The summed E-state index contributed by atoms with van der Waals surface area (Å²) in [6.45, 7) is 1.81. The monoisotopic (exact) mass is 383 g/mol. The van der Waals surface area contributed by atoms with Gasteiger partial charge in [0.1, 0.15) is 5.75 Å². The minimum absolute atomic E-state index is 0.286. The van der Waals surface area contributed by atoms with Gasteiger partial charge in [-0.2, -0.15) is 5.26 Å². The average molecular weight is 383 g/mol. The molecule has 2 heterocycles. The molecule has 3 rings (SSSR count). The van der Waals surface area contributed by atoms with Crippen LogP contribution >= 0.6 is 24.0 Å². The van der Waals surface area contributed by atoms with E-state index in [4.69, 9.17) is 4.74 Å². The molecule has 0 fully saturated rings. The number of carbonyl (C=O) groups excluding carboxylic acids is 1. The average Bonchev–Trinajstić information content (AvgIpc) is 3.15. The third kappa shape index (κ3) is 3.34. The number of dihydropyridines is 1. The lowest BCUT2D eigenvalue weighted by atomic mass is 9.86. The minimum Gasteiger partial charge on any atom is -0.495 e. The molecule has 0 aliphatic carbocycles. The molecule has 1 amide bonds. The molecule has 1 aliphatic rings. The lowest BCUT2D eigenvalue weighted by Crippen LogP contribution is -2.29. The molecule has 0 radical (unpaired) electrons. The number of amides is 1. The maximum Gasteiger partial charge on any atom is 0.254 e. The highest BCUT2D eigenvalue weighted by atomic mass is 32.1. The van der Waals surface area contributed by atoms with Gasteiger partial charge in [-0.15, -0.1) is 24.0 Å². The van der Waals surface area contributed by atoms with Gasteiger partial charge >= 0.3 is 0 Å². The SMILES string of the molecule is COc1ccccc1NC(=O)C1=C(C)NC(S)=C(C#N)C1c1cccs1. The first-order valence-corrected chi connectivity index (χ1v) is 9.18. The number of thiol groups is 1.